The summed E-state index contributed by atoms with van der Waals surface area (Å²) in [6.07, 6.45) is 1.54. The number of carbonyl (C=O) groups is 2. The van der Waals surface area contributed by atoms with E-state index in [1.54, 1.807) is 0 Å². The number of rotatable bonds is 7. The number of benzene rings is 1. The lowest BCUT2D eigenvalue weighted by Gasteiger charge is -2.24. The van der Waals surface area contributed by atoms with E-state index in [4.69, 9.17) is 5.73 Å². The predicted molar refractivity (Wildman–Crippen MR) is 107 cm³/mol. The second kappa shape index (κ2) is 9.06. The van der Waals surface area contributed by atoms with E-state index < -0.39 is 12.1 Å². The van der Waals surface area contributed by atoms with Crippen molar-refractivity contribution in [3.05, 3.63) is 34.4 Å². The Bertz CT molecular complexity index is 624. The van der Waals surface area contributed by atoms with Crippen LogP contribution >= 0.6 is 0 Å². The van der Waals surface area contributed by atoms with Gasteiger partial charge in [0.05, 0.1) is 0 Å². The number of aryl methyl sites for hydroxylation is 2. The Balaban J connectivity index is 2.78. The van der Waals surface area contributed by atoms with Crippen LogP contribution in [-0.2, 0) is 16.6 Å². The van der Waals surface area contributed by atoms with E-state index in [0.29, 0.717) is 6.54 Å². The van der Waals surface area contributed by atoms with Crippen LogP contribution < -0.4 is 16.4 Å². The van der Waals surface area contributed by atoms with Crippen LogP contribution in [0.2, 0.25) is 0 Å². The summed E-state index contributed by atoms with van der Waals surface area (Å²) in [5.41, 5.74) is 10.4. The minimum absolute atomic E-state index is 0.0250. The highest BCUT2D eigenvalue weighted by molar-refractivity contribution is 5.86. The van der Waals surface area contributed by atoms with Gasteiger partial charge in [-0.1, -0.05) is 53.2 Å². The summed E-state index contributed by atoms with van der Waals surface area (Å²) in [6, 6.07) is 3.21. The van der Waals surface area contributed by atoms with E-state index in [0.717, 1.165) is 12.8 Å². The van der Waals surface area contributed by atoms with Gasteiger partial charge in [0.1, 0.15) is 6.04 Å². The molecule has 4 N–H and O–H groups in total. The number of carbonyl (C=O) groups excluding carboxylic acids is 2. The molecule has 0 aliphatic carbocycles. The van der Waals surface area contributed by atoms with Gasteiger partial charge >= 0.3 is 6.03 Å². The summed E-state index contributed by atoms with van der Waals surface area (Å²) in [7, 11) is 0. The lowest BCUT2D eigenvalue weighted by molar-refractivity contribution is -0.124. The van der Waals surface area contributed by atoms with E-state index in [-0.39, 0.29) is 17.2 Å². The Hall–Kier alpha value is -2.04. The molecular weight excluding hydrogens is 326 g/mol. The van der Waals surface area contributed by atoms with E-state index in [9.17, 15) is 9.59 Å². The average Bonchev–Trinajstić information content (AvgIpc) is 2.52. The van der Waals surface area contributed by atoms with Gasteiger partial charge in [-0.05, 0) is 53.9 Å². The average molecular weight is 362 g/mol. The monoisotopic (exact) mass is 361 g/mol. The lowest BCUT2D eigenvalue weighted by atomic mass is 9.83. The third-order valence-electron chi connectivity index (χ3n) is 5.03. The van der Waals surface area contributed by atoms with Crippen LogP contribution in [0, 0.1) is 19.8 Å². The quantitative estimate of drug-likeness (QED) is 0.696. The van der Waals surface area contributed by atoms with Crippen molar-refractivity contribution in [3.63, 3.8) is 0 Å². The van der Waals surface area contributed by atoms with Crippen molar-refractivity contribution in [3.8, 4) is 0 Å². The largest absolute Gasteiger partial charge is 0.354 e. The highest BCUT2D eigenvalue weighted by atomic mass is 16.2. The number of hydrogen-bond donors (Lipinski definition) is 3. The summed E-state index contributed by atoms with van der Waals surface area (Å²) in [4.78, 5) is 23.6. The van der Waals surface area contributed by atoms with Crippen molar-refractivity contribution in [2.75, 3.05) is 6.54 Å². The molecule has 0 heterocycles. The molecule has 0 saturated heterocycles. The third kappa shape index (κ3) is 6.04. The first-order valence-corrected chi connectivity index (χ1v) is 9.41. The van der Waals surface area contributed by atoms with Crippen LogP contribution in [0.4, 0.5) is 4.79 Å². The second-order valence-corrected chi connectivity index (χ2v) is 8.25. The fraction of sp³-hybridized carbons (Fsp3) is 0.619. The number of nitrogens with one attached hydrogen (secondary N) is 2. The molecule has 0 saturated carbocycles. The maximum Gasteiger partial charge on any atom is 0.312 e. The minimum atomic E-state index is -0.671. The molecule has 5 heteroatoms. The van der Waals surface area contributed by atoms with E-state index in [1.165, 1.54) is 22.3 Å². The summed E-state index contributed by atoms with van der Waals surface area (Å²) in [5.74, 6) is -0.156. The Morgan fingerprint density at radius 2 is 1.69 bits per heavy atom. The third-order valence-corrected chi connectivity index (χ3v) is 5.03. The van der Waals surface area contributed by atoms with Gasteiger partial charge in [0, 0.05) is 6.54 Å². The number of hydrogen-bond acceptors (Lipinski definition) is 2. The van der Waals surface area contributed by atoms with Gasteiger partial charge in [-0.3, -0.25) is 4.79 Å². The molecule has 2 atom stereocenters. The van der Waals surface area contributed by atoms with Gasteiger partial charge in [0.2, 0.25) is 5.91 Å². The fourth-order valence-electron chi connectivity index (χ4n) is 3.10. The van der Waals surface area contributed by atoms with Crippen LogP contribution in [0.3, 0.4) is 0 Å². The van der Waals surface area contributed by atoms with E-state index in [2.05, 4.69) is 57.4 Å². The first-order valence-electron chi connectivity index (χ1n) is 9.41. The van der Waals surface area contributed by atoms with Gasteiger partial charge in [0.15, 0.2) is 0 Å². The van der Waals surface area contributed by atoms with Crippen LogP contribution in [0.15, 0.2) is 12.1 Å². The summed E-state index contributed by atoms with van der Waals surface area (Å²) < 4.78 is 0. The zero-order chi connectivity index (χ0) is 20.1. The Labute approximate surface area is 158 Å². The normalized spacial score (nSPS) is 13.8. The zero-order valence-electron chi connectivity index (χ0n) is 17.3. The van der Waals surface area contributed by atoms with Crippen molar-refractivity contribution < 1.29 is 9.59 Å². The topological polar surface area (TPSA) is 84.2 Å². The second-order valence-electron chi connectivity index (χ2n) is 8.25. The highest BCUT2D eigenvalue weighted by Crippen LogP contribution is 2.27. The number of nitrogens with two attached hydrogens (primary N) is 1. The van der Waals surface area contributed by atoms with Gasteiger partial charge in [-0.25, -0.2) is 4.79 Å². The van der Waals surface area contributed by atoms with Crippen molar-refractivity contribution in [1.29, 1.82) is 0 Å². The molecule has 0 unspecified atom stereocenters. The first kappa shape index (κ1) is 22.0. The maximum absolute atomic E-state index is 12.4. The molecule has 26 heavy (non-hydrogen) atoms. The van der Waals surface area contributed by atoms with Crippen LogP contribution in [0.5, 0.6) is 0 Å². The van der Waals surface area contributed by atoms with Gasteiger partial charge < -0.3 is 16.4 Å². The molecule has 0 bridgehead atoms. The molecule has 1 aromatic rings. The molecule has 1 aromatic carbocycles. The Morgan fingerprint density at radius 3 is 2.12 bits per heavy atom. The Morgan fingerprint density at radius 1 is 1.15 bits per heavy atom. The SMILES string of the molecule is CC[C@@H](C)[C@@H](NC(N)=O)C(=O)NCCc1c(C)cc(C(C)(C)C)cc1C. The zero-order valence-corrected chi connectivity index (χ0v) is 17.3. The van der Waals surface area contributed by atoms with Crippen LogP contribution in [-0.4, -0.2) is 24.5 Å². The summed E-state index contributed by atoms with van der Waals surface area (Å²) in [6.45, 7) is 15.3. The predicted octanol–water partition coefficient (Wildman–Crippen LogP) is 3.34. The molecule has 0 fully saturated rings. The molecule has 0 aliphatic heterocycles. The van der Waals surface area contributed by atoms with Gasteiger partial charge in [-0.2, -0.15) is 0 Å². The minimum Gasteiger partial charge on any atom is -0.354 e. The van der Waals surface area contributed by atoms with Crippen molar-refractivity contribution in [2.24, 2.45) is 11.7 Å². The molecule has 146 valence electrons. The molecule has 0 spiro atoms. The molecule has 0 aromatic heterocycles. The molecule has 1 rings (SSSR count). The van der Waals surface area contributed by atoms with Crippen LogP contribution in [0.1, 0.15) is 63.3 Å². The van der Waals surface area contributed by atoms with Crippen LogP contribution in [0.25, 0.3) is 0 Å². The van der Waals surface area contributed by atoms with Gasteiger partial charge in [-0.15, -0.1) is 0 Å². The molecule has 5 nitrogen and oxygen atoms in total. The summed E-state index contributed by atoms with van der Waals surface area (Å²) >= 11 is 0. The molecule has 0 radical (unpaired) electrons. The standard InChI is InChI=1S/C21H35N3O2/c1-8-13(2)18(24-20(22)26)19(25)23-10-9-17-14(3)11-16(12-15(17)4)21(5,6)7/h11-13,18H,8-10H2,1-7H3,(H,23,25)(H3,22,24,26)/t13-,18-/m1/s1. The van der Waals surface area contributed by atoms with Crippen molar-refractivity contribution in [1.82, 2.24) is 10.6 Å². The first-order chi connectivity index (χ1) is 12.0. The highest BCUT2D eigenvalue weighted by Gasteiger charge is 2.25. The van der Waals surface area contributed by atoms with E-state index in [1.807, 2.05) is 13.8 Å². The number of urea groups is 1. The number of amides is 3. The van der Waals surface area contributed by atoms with Crippen molar-refractivity contribution >= 4 is 11.9 Å². The summed E-state index contributed by atoms with van der Waals surface area (Å²) in [5, 5.41) is 5.49. The maximum atomic E-state index is 12.4. The van der Waals surface area contributed by atoms with E-state index >= 15 is 0 Å². The Kier molecular flexibility index (Phi) is 7.67. The smallest absolute Gasteiger partial charge is 0.312 e. The lowest BCUT2D eigenvalue weighted by Crippen LogP contribution is -2.52. The molecule has 3 amide bonds. The number of primary amides is 1. The molecule has 0 aliphatic rings. The molecular formula is C21H35N3O2. The fourth-order valence-corrected chi connectivity index (χ4v) is 3.10. The van der Waals surface area contributed by atoms with Gasteiger partial charge in [0.25, 0.3) is 0 Å². The van der Waals surface area contributed by atoms with Crippen molar-refractivity contribution in [2.45, 2.75) is 72.8 Å².